The summed E-state index contributed by atoms with van der Waals surface area (Å²) in [6.45, 7) is 5.34. The van der Waals surface area contributed by atoms with Crippen molar-refractivity contribution < 1.29 is 9.59 Å². The van der Waals surface area contributed by atoms with Crippen molar-refractivity contribution in [2.75, 3.05) is 18.4 Å². The smallest absolute Gasteiger partial charge is 0.274 e. The number of rotatable bonds is 10. The van der Waals surface area contributed by atoms with Crippen LogP contribution in [0.5, 0.6) is 0 Å². The summed E-state index contributed by atoms with van der Waals surface area (Å²) in [6, 6.07) is 21.2. The number of aryl methyl sites for hydroxylation is 1. The Morgan fingerprint density at radius 3 is 1.94 bits per heavy atom. The Bertz CT molecular complexity index is 1110. The van der Waals surface area contributed by atoms with E-state index in [0.717, 1.165) is 24.0 Å². The van der Waals surface area contributed by atoms with Crippen molar-refractivity contribution in [3.05, 3.63) is 100.0 Å². The number of amides is 2. The first-order valence-corrected chi connectivity index (χ1v) is 11.8. The summed E-state index contributed by atoms with van der Waals surface area (Å²) in [5.74, 6) is -0.569. The van der Waals surface area contributed by atoms with Crippen LogP contribution in [-0.2, 0) is 11.8 Å². The summed E-state index contributed by atoms with van der Waals surface area (Å²) in [6.07, 6.45) is 3.41. The number of carbonyl (C=O) groups excluding carboxylic acids is 2. The van der Waals surface area contributed by atoms with E-state index in [1.54, 1.807) is 11.9 Å². The number of hydrogen-bond donors (Lipinski definition) is 1. The fraction of sp³-hybridized carbons (Fsp3) is 0.321. The third-order valence-electron chi connectivity index (χ3n) is 5.77. The second kappa shape index (κ2) is 12.0. The fourth-order valence-electron chi connectivity index (χ4n) is 4.14. The molecular weight excluding hydrogens is 426 g/mol. The molecule has 178 valence electrons. The lowest BCUT2D eigenvalue weighted by molar-refractivity contribution is -0.116. The van der Waals surface area contributed by atoms with E-state index in [9.17, 15) is 14.4 Å². The highest BCUT2D eigenvalue weighted by molar-refractivity contribution is 5.97. The third-order valence-corrected chi connectivity index (χ3v) is 5.77. The van der Waals surface area contributed by atoms with Crippen LogP contribution >= 0.6 is 0 Å². The number of hydrogen-bond acceptors (Lipinski definition) is 3. The molecule has 0 saturated heterocycles. The van der Waals surface area contributed by atoms with E-state index in [1.807, 2.05) is 74.5 Å². The molecule has 6 nitrogen and oxygen atoms in total. The molecule has 0 spiro atoms. The lowest BCUT2D eigenvalue weighted by Crippen LogP contribution is -2.34. The quantitative estimate of drug-likeness (QED) is 0.473. The van der Waals surface area contributed by atoms with Gasteiger partial charge in [0.05, 0.1) is 5.56 Å². The number of nitrogens with zero attached hydrogens (tertiary/aromatic N) is 2. The van der Waals surface area contributed by atoms with Crippen molar-refractivity contribution in [2.24, 2.45) is 7.05 Å². The zero-order valence-corrected chi connectivity index (χ0v) is 20.2. The molecule has 3 rings (SSSR count). The molecule has 0 aliphatic heterocycles. The van der Waals surface area contributed by atoms with Gasteiger partial charge < -0.3 is 14.8 Å². The van der Waals surface area contributed by atoms with Crippen molar-refractivity contribution >= 4 is 17.5 Å². The Kier molecular flexibility index (Phi) is 8.79. The van der Waals surface area contributed by atoms with Crippen molar-refractivity contribution in [1.82, 2.24) is 9.47 Å². The first kappa shape index (κ1) is 25.0. The fourth-order valence-corrected chi connectivity index (χ4v) is 4.14. The van der Waals surface area contributed by atoms with Crippen LogP contribution in [0, 0.1) is 0 Å². The van der Waals surface area contributed by atoms with Crippen molar-refractivity contribution in [2.45, 2.75) is 39.0 Å². The van der Waals surface area contributed by atoms with E-state index in [1.165, 1.54) is 16.8 Å². The lowest BCUT2D eigenvalue weighted by Gasteiger charge is -2.22. The summed E-state index contributed by atoms with van der Waals surface area (Å²) in [7, 11) is 1.59. The topological polar surface area (TPSA) is 71.4 Å². The molecule has 0 bridgehead atoms. The normalized spacial score (nSPS) is 10.8. The molecule has 0 atom stereocenters. The third kappa shape index (κ3) is 6.22. The minimum Gasteiger partial charge on any atom is -0.339 e. The molecule has 2 aromatic carbocycles. The van der Waals surface area contributed by atoms with Crippen LogP contribution in [-0.4, -0.2) is 34.4 Å². The molecule has 0 aliphatic rings. The zero-order valence-electron chi connectivity index (χ0n) is 20.2. The van der Waals surface area contributed by atoms with E-state index in [-0.39, 0.29) is 35.4 Å². The Hall–Kier alpha value is -3.67. The van der Waals surface area contributed by atoms with E-state index < -0.39 is 0 Å². The molecular formula is C28H33N3O3. The monoisotopic (exact) mass is 459 g/mol. The maximum absolute atomic E-state index is 13.1. The molecule has 0 saturated carbocycles. The molecule has 0 aliphatic carbocycles. The number of aromatic nitrogens is 1. The summed E-state index contributed by atoms with van der Waals surface area (Å²) < 4.78 is 1.35. The van der Waals surface area contributed by atoms with Gasteiger partial charge in [0.25, 0.3) is 11.5 Å². The predicted octanol–water partition coefficient (Wildman–Crippen LogP) is 4.81. The maximum atomic E-state index is 13.1. The number of nitrogens with one attached hydrogen (secondary N) is 1. The Morgan fingerprint density at radius 2 is 1.44 bits per heavy atom. The summed E-state index contributed by atoms with van der Waals surface area (Å²) >= 11 is 0. The molecule has 1 aromatic heterocycles. The van der Waals surface area contributed by atoms with Crippen LogP contribution in [0.4, 0.5) is 5.69 Å². The van der Waals surface area contributed by atoms with Crippen LogP contribution < -0.4 is 10.9 Å². The van der Waals surface area contributed by atoms with Crippen molar-refractivity contribution in [1.29, 1.82) is 0 Å². The van der Waals surface area contributed by atoms with Gasteiger partial charge in [-0.15, -0.1) is 0 Å². The number of pyridine rings is 1. The van der Waals surface area contributed by atoms with Gasteiger partial charge in [0.2, 0.25) is 5.91 Å². The van der Waals surface area contributed by atoms with Gasteiger partial charge in [-0.25, -0.2) is 0 Å². The molecule has 0 fully saturated rings. The van der Waals surface area contributed by atoms with E-state index in [4.69, 9.17) is 0 Å². The molecule has 1 N–H and O–H groups in total. The Labute approximate surface area is 201 Å². The highest BCUT2D eigenvalue weighted by Gasteiger charge is 2.21. The number of anilines is 1. The molecule has 0 radical (unpaired) electrons. The summed E-state index contributed by atoms with van der Waals surface area (Å²) in [5, 5.41) is 2.78. The second-order valence-electron chi connectivity index (χ2n) is 8.48. The van der Waals surface area contributed by atoms with Crippen LogP contribution in [0.15, 0.2) is 77.7 Å². The molecule has 1 heterocycles. The highest BCUT2D eigenvalue weighted by atomic mass is 16.2. The minimum absolute atomic E-state index is 0.117. The van der Waals surface area contributed by atoms with Gasteiger partial charge in [-0.1, -0.05) is 74.5 Å². The average Bonchev–Trinajstić information content (AvgIpc) is 2.85. The van der Waals surface area contributed by atoms with Gasteiger partial charge in [0, 0.05) is 38.7 Å². The lowest BCUT2D eigenvalue weighted by atomic mass is 9.88. The molecule has 2 amide bonds. The number of carbonyl (C=O) groups is 2. The summed E-state index contributed by atoms with van der Waals surface area (Å²) in [4.78, 5) is 40.7. The van der Waals surface area contributed by atoms with Crippen LogP contribution in [0.25, 0.3) is 0 Å². The largest absolute Gasteiger partial charge is 0.339 e. The van der Waals surface area contributed by atoms with Gasteiger partial charge in [0.1, 0.15) is 5.69 Å². The van der Waals surface area contributed by atoms with Crippen LogP contribution in [0.2, 0.25) is 0 Å². The van der Waals surface area contributed by atoms with Gasteiger partial charge in [-0.2, -0.15) is 0 Å². The van der Waals surface area contributed by atoms with E-state index >= 15 is 0 Å². The Balaban J connectivity index is 1.86. The molecule has 0 unspecified atom stereocenters. The van der Waals surface area contributed by atoms with Crippen LogP contribution in [0.3, 0.4) is 0 Å². The van der Waals surface area contributed by atoms with Gasteiger partial charge >= 0.3 is 0 Å². The maximum Gasteiger partial charge on any atom is 0.274 e. The van der Waals surface area contributed by atoms with Crippen molar-refractivity contribution in [3.8, 4) is 0 Å². The molecule has 6 heteroatoms. The first-order valence-electron chi connectivity index (χ1n) is 11.8. The highest BCUT2D eigenvalue weighted by Crippen LogP contribution is 2.28. The Morgan fingerprint density at radius 1 is 0.912 bits per heavy atom. The van der Waals surface area contributed by atoms with Gasteiger partial charge in [0.15, 0.2) is 0 Å². The summed E-state index contributed by atoms with van der Waals surface area (Å²) in [5.41, 5.74) is 2.21. The zero-order chi connectivity index (χ0) is 24.5. The first-order chi connectivity index (χ1) is 16.4. The molecule has 3 aromatic rings. The predicted molar refractivity (Wildman–Crippen MR) is 136 cm³/mol. The molecule has 34 heavy (non-hydrogen) atoms. The SMILES string of the molecule is CCCN(CCC)C(=O)c1cc(NC(=O)CC(c2ccccc2)c2ccccc2)c(=O)n(C)c1. The number of benzene rings is 2. The van der Waals surface area contributed by atoms with Crippen LogP contribution in [0.1, 0.15) is 60.5 Å². The van der Waals surface area contributed by atoms with Crippen molar-refractivity contribution in [3.63, 3.8) is 0 Å². The van der Waals surface area contributed by atoms with E-state index in [2.05, 4.69) is 5.32 Å². The standard InChI is InChI=1S/C28H33N3O3/c1-4-16-31(17-5-2)27(33)23-18-25(28(34)30(3)20-23)29-26(32)19-24(21-12-8-6-9-13-21)22-14-10-7-11-15-22/h6-15,18,20,24H,4-5,16-17,19H2,1-3H3,(H,29,32). The van der Waals surface area contributed by atoms with E-state index in [0.29, 0.717) is 18.7 Å². The second-order valence-corrected chi connectivity index (χ2v) is 8.48. The van der Waals surface area contributed by atoms with Gasteiger partial charge in [-0.05, 0) is 30.0 Å². The van der Waals surface area contributed by atoms with Gasteiger partial charge in [-0.3, -0.25) is 14.4 Å². The average molecular weight is 460 g/mol. The minimum atomic E-state index is -0.349.